The zero-order valence-electron chi connectivity index (χ0n) is 15.7. The number of rotatable bonds is 4. The number of amides is 1. The maximum atomic E-state index is 12.5. The first kappa shape index (κ1) is 19.1. The third kappa shape index (κ3) is 3.35. The molecule has 1 heterocycles. The number of nitrogens with zero attached hydrogens (tertiary/aromatic N) is 3. The summed E-state index contributed by atoms with van der Waals surface area (Å²) >= 11 is 6.11. The molecule has 0 radical (unpaired) electrons. The maximum Gasteiger partial charge on any atom is 0.271 e. The van der Waals surface area contributed by atoms with Gasteiger partial charge in [0, 0.05) is 35.3 Å². The van der Waals surface area contributed by atoms with E-state index in [0.717, 1.165) is 0 Å². The quantitative estimate of drug-likeness (QED) is 0.869. The largest absolute Gasteiger partial charge is 0.489 e. The highest BCUT2D eigenvalue weighted by Crippen LogP contribution is 2.55. The number of hydrogen-bond donors (Lipinski definition) is 1. The molecule has 1 fully saturated rings. The van der Waals surface area contributed by atoms with Gasteiger partial charge in [-0.05, 0) is 12.1 Å². The average molecular weight is 385 g/mol. The van der Waals surface area contributed by atoms with Crippen LogP contribution in [0, 0.1) is 22.2 Å². The van der Waals surface area contributed by atoms with E-state index in [1.54, 1.807) is 18.2 Å². The van der Waals surface area contributed by atoms with Gasteiger partial charge in [0.05, 0.1) is 16.8 Å². The maximum absolute atomic E-state index is 12.5. The summed E-state index contributed by atoms with van der Waals surface area (Å²) in [6.07, 6.45) is 4.31. The number of hydrogen-bond acceptors (Lipinski definition) is 5. The second kappa shape index (κ2) is 6.82. The molecule has 1 N–H and O–H groups in total. The van der Waals surface area contributed by atoms with Gasteiger partial charge in [-0.1, -0.05) is 39.3 Å². The number of carbonyl (C=O) groups is 1. The van der Waals surface area contributed by atoms with Crippen LogP contribution in [0.5, 0.6) is 5.75 Å². The molecule has 0 aliphatic heterocycles. The fourth-order valence-electron chi connectivity index (χ4n) is 4.22. The summed E-state index contributed by atoms with van der Waals surface area (Å²) in [4.78, 5) is 20.5. The van der Waals surface area contributed by atoms with Crippen LogP contribution < -0.4 is 10.1 Å². The van der Waals surface area contributed by atoms with Crippen LogP contribution in [-0.4, -0.2) is 28.0 Å². The van der Waals surface area contributed by atoms with Gasteiger partial charge in [-0.25, -0.2) is 4.98 Å². The van der Waals surface area contributed by atoms with Gasteiger partial charge in [-0.2, -0.15) is 5.26 Å². The number of nitrogens with one attached hydrogen (secondary N) is 1. The number of carbonyl (C=O) groups excluding carboxylic acids is 1. The van der Waals surface area contributed by atoms with Crippen molar-refractivity contribution >= 4 is 17.5 Å². The van der Waals surface area contributed by atoms with Gasteiger partial charge in [0.25, 0.3) is 5.91 Å². The van der Waals surface area contributed by atoms with Crippen LogP contribution in [0.15, 0.2) is 36.8 Å². The number of halogens is 1. The van der Waals surface area contributed by atoms with Crippen molar-refractivity contribution in [3.8, 4) is 11.8 Å². The molecule has 1 amide bonds. The standard InChI is InChI=1S/C20H21ClN4O2/c1-19(2)17(25-16(26)15-11-23-7-8-24-15)20(3,4)18(19)27-13-6-5-12(10-22)14(21)9-13/h5-9,11,17-18H,1-4H3,(H,25,26)/t17-,18-. The van der Waals surface area contributed by atoms with E-state index in [-0.39, 0.29) is 34.6 Å². The smallest absolute Gasteiger partial charge is 0.271 e. The van der Waals surface area contributed by atoms with Crippen LogP contribution in [0.25, 0.3) is 0 Å². The lowest BCUT2D eigenvalue weighted by Crippen LogP contribution is -2.74. The highest BCUT2D eigenvalue weighted by molar-refractivity contribution is 6.31. The Morgan fingerprint density at radius 3 is 2.52 bits per heavy atom. The minimum atomic E-state index is -0.318. The summed E-state index contributed by atoms with van der Waals surface area (Å²) in [7, 11) is 0. The normalized spacial score (nSPS) is 22.2. The molecule has 6 nitrogen and oxygen atoms in total. The molecule has 7 heteroatoms. The molecule has 2 aromatic rings. The Labute approximate surface area is 163 Å². The average Bonchev–Trinajstić information content (AvgIpc) is 2.64. The SMILES string of the molecule is CC1(C)[C@H](NC(=O)c2cnccn2)C(C)(C)[C@H]1Oc1ccc(C#N)c(Cl)c1. The Morgan fingerprint density at radius 2 is 1.96 bits per heavy atom. The second-order valence-corrected chi connectivity index (χ2v) is 8.30. The summed E-state index contributed by atoms with van der Waals surface area (Å²) in [5.41, 5.74) is 0.0568. The van der Waals surface area contributed by atoms with Gasteiger partial charge in [0.1, 0.15) is 23.6 Å². The van der Waals surface area contributed by atoms with E-state index in [1.165, 1.54) is 18.6 Å². The molecule has 3 rings (SSSR count). The van der Waals surface area contributed by atoms with Gasteiger partial charge in [0.2, 0.25) is 0 Å². The lowest BCUT2D eigenvalue weighted by molar-refractivity contribution is -0.164. The number of ether oxygens (including phenoxy) is 1. The number of nitriles is 1. The van der Waals surface area contributed by atoms with Crippen molar-refractivity contribution in [1.29, 1.82) is 5.26 Å². The molecule has 1 saturated carbocycles. The van der Waals surface area contributed by atoms with Crippen molar-refractivity contribution < 1.29 is 9.53 Å². The monoisotopic (exact) mass is 384 g/mol. The Kier molecular flexibility index (Phi) is 4.83. The van der Waals surface area contributed by atoms with Crippen LogP contribution in [0.2, 0.25) is 5.02 Å². The fraction of sp³-hybridized carbons (Fsp3) is 0.400. The minimum Gasteiger partial charge on any atom is -0.489 e. The molecule has 0 saturated heterocycles. The van der Waals surface area contributed by atoms with Crippen LogP contribution >= 0.6 is 11.6 Å². The van der Waals surface area contributed by atoms with Crippen molar-refractivity contribution in [3.63, 3.8) is 0 Å². The van der Waals surface area contributed by atoms with E-state index in [1.807, 2.05) is 6.07 Å². The molecule has 1 aromatic heterocycles. The van der Waals surface area contributed by atoms with Crippen LogP contribution in [0.3, 0.4) is 0 Å². The minimum absolute atomic E-state index is 0.113. The Balaban J connectivity index is 1.77. The second-order valence-electron chi connectivity index (χ2n) is 7.89. The lowest BCUT2D eigenvalue weighted by atomic mass is 9.49. The molecular formula is C20H21ClN4O2. The molecule has 0 bridgehead atoms. The summed E-state index contributed by atoms with van der Waals surface area (Å²) < 4.78 is 6.21. The summed E-state index contributed by atoms with van der Waals surface area (Å²) in [6, 6.07) is 6.95. The van der Waals surface area contributed by atoms with Crippen LogP contribution in [0.1, 0.15) is 43.7 Å². The van der Waals surface area contributed by atoms with Gasteiger partial charge in [0.15, 0.2) is 0 Å². The molecule has 1 aliphatic rings. The van der Waals surface area contributed by atoms with Gasteiger partial charge in [-0.15, -0.1) is 0 Å². The van der Waals surface area contributed by atoms with Crippen molar-refractivity contribution in [2.24, 2.45) is 10.8 Å². The van der Waals surface area contributed by atoms with Gasteiger partial charge in [-0.3, -0.25) is 9.78 Å². The summed E-state index contributed by atoms with van der Waals surface area (Å²) in [5.74, 6) is 0.345. The van der Waals surface area contributed by atoms with E-state index in [0.29, 0.717) is 16.3 Å². The van der Waals surface area contributed by atoms with Gasteiger partial charge >= 0.3 is 0 Å². The lowest BCUT2D eigenvalue weighted by Gasteiger charge is -2.63. The first-order chi connectivity index (χ1) is 12.7. The zero-order chi connectivity index (χ0) is 19.8. The molecule has 0 spiro atoms. The van der Waals surface area contributed by atoms with Gasteiger partial charge < -0.3 is 10.1 Å². The molecule has 1 aromatic carbocycles. The van der Waals surface area contributed by atoms with Crippen molar-refractivity contribution in [2.75, 3.05) is 0 Å². The predicted octanol–water partition coefficient (Wildman–Crippen LogP) is 3.61. The summed E-state index contributed by atoms with van der Waals surface area (Å²) in [5, 5.41) is 12.4. The third-order valence-corrected chi connectivity index (χ3v) is 5.54. The van der Waals surface area contributed by atoms with Crippen molar-refractivity contribution in [2.45, 2.75) is 39.8 Å². The van der Waals surface area contributed by atoms with E-state index in [2.05, 4.69) is 43.0 Å². The van der Waals surface area contributed by atoms with Crippen LogP contribution in [-0.2, 0) is 0 Å². The molecule has 0 atom stereocenters. The highest BCUT2D eigenvalue weighted by Gasteiger charge is 2.64. The Morgan fingerprint density at radius 1 is 1.26 bits per heavy atom. The number of benzene rings is 1. The number of aromatic nitrogens is 2. The summed E-state index contributed by atoms with van der Waals surface area (Å²) in [6.45, 7) is 8.21. The predicted molar refractivity (Wildman–Crippen MR) is 101 cm³/mol. The Bertz CT molecular complexity index is 890. The van der Waals surface area contributed by atoms with E-state index in [9.17, 15) is 4.79 Å². The zero-order valence-corrected chi connectivity index (χ0v) is 16.4. The van der Waals surface area contributed by atoms with Crippen molar-refractivity contribution in [1.82, 2.24) is 15.3 Å². The van der Waals surface area contributed by atoms with Crippen molar-refractivity contribution in [3.05, 3.63) is 53.1 Å². The molecule has 140 valence electrons. The van der Waals surface area contributed by atoms with Crippen LogP contribution in [0.4, 0.5) is 0 Å². The molecule has 1 aliphatic carbocycles. The fourth-order valence-corrected chi connectivity index (χ4v) is 4.43. The molecule has 0 unspecified atom stereocenters. The van der Waals surface area contributed by atoms with E-state index in [4.69, 9.17) is 21.6 Å². The van der Waals surface area contributed by atoms with E-state index >= 15 is 0 Å². The topological polar surface area (TPSA) is 87.9 Å². The highest BCUT2D eigenvalue weighted by atomic mass is 35.5. The molecule has 27 heavy (non-hydrogen) atoms. The first-order valence-corrected chi connectivity index (χ1v) is 8.99. The Hall–Kier alpha value is -2.65. The first-order valence-electron chi connectivity index (χ1n) is 8.61. The third-order valence-electron chi connectivity index (χ3n) is 5.23. The van der Waals surface area contributed by atoms with E-state index < -0.39 is 0 Å². The molecular weight excluding hydrogens is 364 g/mol.